The lowest BCUT2D eigenvalue weighted by Gasteiger charge is -2.33. The van der Waals surface area contributed by atoms with Crippen molar-refractivity contribution in [2.75, 3.05) is 6.54 Å². The highest BCUT2D eigenvalue weighted by Gasteiger charge is 2.45. The summed E-state index contributed by atoms with van der Waals surface area (Å²) in [4.78, 5) is 11.7. The minimum absolute atomic E-state index is 0.119. The normalized spacial score (nSPS) is 25.9. The van der Waals surface area contributed by atoms with E-state index in [-0.39, 0.29) is 24.7 Å². The summed E-state index contributed by atoms with van der Waals surface area (Å²) in [6, 6.07) is -0.755. The average Bonchev–Trinajstić information content (AvgIpc) is 2.35. The second kappa shape index (κ2) is 7.12. The van der Waals surface area contributed by atoms with E-state index in [2.05, 4.69) is 5.32 Å². The number of hydrogen-bond acceptors (Lipinski definition) is 2. The first-order valence-corrected chi connectivity index (χ1v) is 6.90. The van der Waals surface area contributed by atoms with Crippen molar-refractivity contribution in [2.45, 2.75) is 57.7 Å². The molecule has 3 atom stereocenters. The molecule has 3 nitrogen and oxygen atoms in total. The average molecular weight is 280 g/mol. The standard InChI is InChI=1S/C13H23F3N2O/c1-9(8-17)6-7-12(19)18-11-5-3-2-4-10(11)13(14,15)16/h9-11H,2-8,17H2,1H3,(H,18,19). The van der Waals surface area contributed by atoms with E-state index >= 15 is 0 Å². The van der Waals surface area contributed by atoms with Gasteiger partial charge < -0.3 is 11.1 Å². The number of alkyl halides is 3. The van der Waals surface area contributed by atoms with Gasteiger partial charge in [0.1, 0.15) is 0 Å². The smallest absolute Gasteiger partial charge is 0.353 e. The molecule has 3 unspecified atom stereocenters. The fourth-order valence-electron chi connectivity index (χ4n) is 2.47. The number of rotatable bonds is 5. The molecule has 1 rings (SSSR count). The fourth-order valence-corrected chi connectivity index (χ4v) is 2.47. The maximum Gasteiger partial charge on any atom is 0.393 e. The van der Waals surface area contributed by atoms with Crippen LogP contribution in [0.25, 0.3) is 0 Å². The van der Waals surface area contributed by atoms with Gasteiger partial charge in [-0.05, 0) is 31.7 Å². The zero-order valence-electron chi connectivity index (χ0n) is 11.3. The molecule has 0 aromatic heterocycles. The van der Waals surface area contributed by atoms with Crippen molar-refractivity contribution >= 4 is 5.91 Å². The van der Waals surface area contributed by atoms with Gasteiger partial charge in [-0.15, -0.1) is 0 Å². The van der Waals surface area contributed by atoms with Gasteiger partial charge in [0.25, 0.3) is 0 Å². The van der Waals surface area contributed by atoms with E-state index in [4.69, 9.17) is 5.73 Å². The van der Waals surface area contributed by atoms with Crippen molar-refractivity contribution in [3.8, 4) is 0 Å². The van der Waals surface area contributed by atoms with E-state index < -0.39 is 18.1 Å². The molecule has 0 bridgehead atoms. The molecule has 0 heterocycles. The van der Waals surface area contributed by atoms with Gasteiger partial charge in [-0.2, -0.15) is 13.2 Å². The zero-order valence-corrected chi connectivity index (χ0v) is 11.3. The van der Waals surface area contributed by atoms with Crippen LogP contribution in [0.1, 0.15) is 45.4 Å². The van der Waals surface area contributed by atoms with E-state index in [1.165, 1.54) is 0 Å². The Morgan fingerprint density at radius 3 is 2.58 bits per heavy atom. The monoisotopic (exact) mass is 280 g/mol. The molecule has 0 aromatic rings. The van der Waals surface area contributed by atoms with Crippen molar-refractivity contribution < 1.29 is 18.0 Å². The van der Waals surface area contributed by atoms with Gasteiger partial charge in [-0.25, -0.2) is 0 Å². The molecule has 0 aliphatic heterocycles. The van der Waals surface area contributed by atoms with Gasteiger partial charge in [0.15, 0.2) is 0 Å². The predicted molar refractivity (Wildman–Crippen MR) is 67.4 cm³/mol. The van der Waals surface area contributed by atoms with E-state index in [1.54, 1.807) is 0 Å². The summed E-state index contributed by atoms with van der Waals surface area (Å²) in [5, 5.41) is 2.56. The van der Waals surface area contributed by atoms with Crippen molar-refractivity contribution in [1.29, 1.82) is 0 Å². The molecule has 1 fully saturated rings. The molecule has 6 heteroatoms. The third kappa shape index (κ3) is 5.38. The molecule has 1 saturated carbocycles. The number of nitrogens with one attached hydrogen (secondary N) is 1. The number of carbonyl (C=O) groups excluding carboxylic acids is 1. The van der Waals surface area contributed by atoms with Crippen LogP contribution in [-0.2, 0) is 4.79 Å². The Bertz CT molecular complexity index is 294. The number of hydrogen-bond donors (Lipinski definition) is 2. The third-order valence-corrected chi connectivity index (χ3v) is 3.80. The van der Waals surface area contributed by atoms with Crippen LogP contribution in [0.2, 0.25) is 0 Å². The van der Waals surface area contributed by atoms with Crippen molar-refractivity contribution in [3.05, 3.63) is 0 Å². The van der Waals surface area contributed by atoms with Crippen molar-refractivity contribution in [2.24, 2.45) is 17.6 Å². The molecule has 3 N–H and O–H groups in total. The molecule has 0 saturated heterocycles. The van der Waals surface area contributed by atoms with Crippen LogP contribution in [0.3, 0.4) is 0 Å². The predicted octanol–water partition coefficient (Wildman–Crippen LogP) is 2.60. The van der Waals surface area contributed by atoms with Crippen LogP contribution in [0, 0.1) is 11.8 Å². The number of halogens is 3. The molecule has 1 amide bonds. The molecular weight excluding hydrogens is 257 g/mol. The van der Waals surface area contributed by atoms with Crippen LogP contribution in [-0.4, -0.2) is 24.7 Å². The minimum Gasteiger partial charge on any atom is -0.353 e. The lowest BCUT2D eigenvalue weighted by molar-refractivity contribution is -0.189. The topological polar surface area (TPSA) is 55.1 Å². The summed E-state index contributed by atoms with van der Waals surface area (Å²) in [6.07, 6.45) is -1.48. The van der Waals surface area contributed by atoms with Crippen LogP contribution in [0.15, 0.2) is 0 Å². The van der Waals surface area contributed by atoms with Crippen molar-refractivity contribution in [3.63, 3.8) is 0 Å². The SMILES string of the molecule is CC(CN)CCC(=O)NC1CCCCC1C(F)(F)F. The minimum atomic E-state index is -4.22. The Morgan fingerprint density at radius 1 is 1.37 bits per heavy atom. The summed E-state index contributed by atoms with van der Waals surface area (Å²) < 4.78 is 38.5. The van der Waals surface area contributed by atoms with Crippen LogP contribution in [0.4, 0.5) is 13.2 Å². The van der Waals surface area contributed by atoms with Gasteiger partial charge in [0.2, 0.25) is 5.91 Å². The Kier molecular flexibility index (Phi) is 6.10. The molecule has 0 spiro atoms. The first kappa shape index (κ1) is 16.3. The molecule has 0 radical (unpaired) electrons. The Balaban J connectivity index is 2.46. The summed E-state index contributed by atoms with van der Waals surface area (Å²) in [5.74, 6) is -1.46. The second-order valence-corrected chi connectivity index (χ2v) is 5.49. The highest BCUT2D eigenvalue weighted by atomic mass is 19.4. The zero-order chi connectivity index (χ0) is 14.5. The Labute approximate surface area is 112 Å². The maximum atomic E-state index is 12.8. The van der Waals surface area contributed by atoms with E-state index in [0.717, 1.165) is 6.42 Å². The Hall–Kier alpha value is -0.780. The third-order valence-electron chi connectivity index (χ3n) is 3.80. The van der Waals surface area contributed by atoms with Gasteiger partial charge in [-0.1, -0.05) is 19.8 Å². The van der Waals surface area contributed by atoms with Gasteiger partial charge in [0, 0.05) is 12.5 Å². The number of nitrogens with two attached hydrogens (primary N) is 1. The van der Waals surface area contributed by atoms with E-state index in [1.807, 2.05) is 6.92 Å². The maximum absolute atomic E-state index is 12.8. The summed E-state index contributed by atoms with van der Waals surface area (Å²) >= 11 is 0. The fraction of sp³-hybridized carbons (Fsp3) is 0.923. The van der Waals surface area contributed by atoms with Gasteiger partial charge in [0.05, 0.1) is 5.92 Å². The first-order valence-electron chi connectivity index (χ1n) is 6.90. The highest BCUT2D eigenvalue weighted by molar-refractivity contribution is 5.76. The first-order chi connectivity index (χ1) is 8.84. The highest BCUT2D eigenvalue weighted by Crippen LogP contribution is 2.37. The molecule has 112 valence electrons. The van der Waals surface area contributed by atoms with E-state index in [0.29, 0.717) is 25.8 Å². The molecule has 1 aliphatic carbocycles. The summed E-state index contributed by atoms with van der Waals surface area (Å²) in [7, 11) is 0. The van der Waals surface area contributed by atoms with Crippen LogP contribution < -0.4 is 11.1 Å². The van der Waals surface area contributed by atoms with Crippen LogP contribution >= 0.6 is 0 Å². The lowest BCUT2D eigenvalue weighted by Crippen LogP contribution is -2.47. The van der Waals surface area contributed by atoms with E-state index in [9.17, 15) is 18.0 Å². The Morgan fingerprint density at radius 2 is 2.00 bits per heavy atom. The second-order valence-electron chi connectivity index (χ2n) is 5.49. The number of carbonyl (C=O) groups is 1. The lowest BCUT2D eigenvalue weighted by atomic mass is 9.84. The van der Waals surface area contributed by atoms with Crippen LogP contribution in [0.5, 0.6) is 0 Å². The van der Waals surface area contributed by atoms with Crippen molar-refractivity contribution in [1.82, 2.24) is 5.32 Å². The summed E-state index contributed by atoms with van der Waals surface area (Å²) in [5.41, 5.74) is 5.44. The molecule has 1 aliphatic rings. The van der Waals surface area contributed by atoms with Gasteiger partial charge >= 0.3 is 6.18 Å². The quantitative estimate of drug-likeness (QED) is 0.813. The number of amides is 1. The van der Waals surface area contributed by atoms with Gasteiger partial charge in [-0.3, -0.25) is 4.79 Å². The molecular formula is C13H23F3N2O. The largest absolute Gasteiger partial charge is 0.393 e. The summed E-state index contributed by atoms with van der Waals surface area (Å²) in [6.45, 7) is 2.41. The molecule has 0 aromatic carbocycles. The molecule has 19 heavy (non-hydrogen) atoms.